The van der Waals surface area contributed by atoms with Crippen LogP contribution in [-0.4, -0.2) is 29.8 Å². The summed E-state index contributed by atoms with van der Waals surface area (Å²) in [6.07, 6.45) is 6.12. The van der Waals surface area contributed by atoms with Crippen LogP contribution in [0, 0.1) is 5.92 Å². The highest BCUT2D eigenvalue weighted by atomic mass is 16.3. The third-order valence-electron chi connectivity index (χ3n) is 3.28. The van der Waals surface area contributed by atoms with Crippen LogP contribution in [-0.2, 0) is 0 Å². The van der Waals surface area contributed by atoms with Crippen LogP contribution in [0.5, 0.6) is 0 Å². The van der Waals surface area contributed by atoms with Crippen molar-refractivity contribution in [2.24, 2.45) is 5.92 Å². The number of urea groups is 1. The van der Waals surface area contributed by atoms with Gasteiger partial charge < -0.3 is 15.7 Å². The molecule has 1 aliphatic carbocycles. The quantitative estimate of drug-likeness (QED) is 0.661. The van der Waals surface area contributed by atoms with Crippen molar-refractivity contribution >= 4 is 6.03 Å². The molecule has 1 rings (SSSR count). The first-order chi connectivity index (χ1) is 8.02. The molecule has 0 atom stereocenters. The molecule has 4 nitrogen and oxygen atoms in total. The topological polar surface area (TPSA) is 61.4 Å². The van der Waals surface area contributed by atoms with Gasteiger partial charge >= 0.3 is 6.03 Å². The van der Waals surface area contributed by atoms with Crippen LogP contribution < -0.4 is 10.6 Å². The van der Waals surface area contributed by atoms with E-state index in [0.717, 1.165) is 25.7 Å². The first kappa shape index (κ1) is 14.3. The van der Waals surface area contributed by atoms with Gasteiger partial charge in [0.2, 0.25) is 0 Å². The summed E-state index contributed by atoms with van der Waals surface area (Å²) in [5.41, 5.74) is -0.689. The van der Waals surface area contributed by atoms with Gasteiger partial charge in [-0.2, -0.15) is 0 Å². The maximum atomic E-state index is 11.5. The van der Waals surface area contributed by atoms with Gasteiger partial charge in [-0.05, 0) is 18.8 Å². The molecule has 0 unspecified atom stereocenters. The monoisotopic (exact) mass is 242 g/mol. The molecule has 1 aliphatic rings. The fraction of sp³-hybridized carbons (Fsp3) is 0.923. The number of amides is 2. The van der Waals surface area contributed by atoms with Crippen LogP contribution >= 0.6 is 0 Å². The van der Waals surface area contributed by atoms with E-state index in [0.29, 0.717) is 19.0 Å². The van der Waals surface area contributed by atoms with Crippen molar-refractivity contribution in [3.8, 4) is 0 Å². The fourth-order valence-corrected chi connectivity index (χ4v) is 2.17. The molecule has 0 aliphatic heterocycles. The molecule has 0 heterocycles. The van der Waals surface area contributed by atoms with Gasteiger partial charge in [0, 0.05) is 13.1 Å². The standard InChI is InChI=1S/C13H26N2O2/c1-11(2)9-14-12(16)15-10-13(17)7-5-3-4-6-8-13/h11,17H,3-10H2,1-2H3,(H2,14,15,16). The second-order valence-electron chi connectivity index (χ2n) is 5.60. The molecule has 17 heavy (non-hydrogen) atoms. The Kier molecular flexibility index (Phi) is 5.75. The molecule has 1 fully saturated rings. The molecule has 4 heteroatoms. The first-order valence-corrected chi connectivity index (χ1v) is 6.76. The highest BCUT2D eigenvalue weighted by Crippen LogP contribution is 2.26. The summed E-state index contributed by atoms with van der Waals surface area (Å²) in [5.74, 6) is 0.446. The van der Waals surface area contributed by atoms with Crippen molar-refractivity contribution in [1.82, 2.24) is 10.6 Å². The molecule has 0 saturated heterocycles. The Morgan fingerprint density at radius 1 is 1.18 bits per heavy atom. The molecule has 0 spiro atoms. The normalized spacial score (nSPS) is 19.8. The van der Waals surface area contributed by atoms with Crippen LogP contribution in [0.25, 0.3) is 0 Å². The van der Waals surface area contributed by atoms with E-state index >= 15 is 0 Å². The lowest BCUT2D eigenvalue weighted by molar-refractivity contribution is 0.0276. The molecule has 3 N–H and O–H groups in total. The van der Waals surface area contributed by atoms with Crippen LogP contribution in [0.1, 0.15) is 52.4 Å². The van der Waals surface area contributed by atoms with Crippen molar-refractivity contribution in [2.45, 2.75) is 58.0 Å². The van der Waals surface area contributed by atoms with Gasteiger partial charge in [0.05, 0.1) is 5.60 Å². The van der Waals surface area contributed by atoms with Crippen molar-refractivity contribution in [1.29, 1.82) is 0 Å². The van der Waals surface area contributed by atoms with E-state index in [1.54, 1.807) is 0 Å². The Morgan fingerprint density at radius 3 is 2.29 bits per heavy atom. The van der Waals surface area contributed by atoms with E-state index in [2.05, 4.69) is 24.5 Å². The summed E-state index contributed by atoms with van der Waals surface area (Å²) < 4.78 is 0. The summed E-state index contributed by atoms with van der Waals surface area (Å²) in [6.45, 7) is 5.15. The summed E-state index contributed by atoms with van der Waals surface area (Å²) >= 11 is 0. The summed E-state index contributed by atoms with van der Waals surface area (Å²) in [4.78, 5) is 11.5. The third kappa shape index (κ3) is 5.91. The van der Waals surface area contributed by atoms with Gasteiger partial charge in [0.1, 0.15) is 0 Å². The molecule has 2 amide bonds. The van der Waals surface area contributed by atoms with Crippen LogP contribution in [0.15, 0.2) is 0 Å². The van der Waals surface area contributed by atoms with E-state index in [1.165, 1.54) is 12.8 Å². The lowest BCUT2D eigenvalue weighted by Crippen LogP contribution is -2.46. The second-order valence-corrected chi connectivity index (χ2v) is 5.60. The number of nitrogens with one attached hydrogen (secondary N) is 2. The zero-order valence-corrected chi connectivity index (χ0v) is 11.1. The highest BCUT2D eigenvalue weighted by Gasteiger charge is 2.28. The Labute approximate surface area is 104 Å². The van der Waals surface area contributed by atoms with E-state index in [9.17, 15) is 9.90 Å². The second kappa shape index (κ2) is 6.84. The molecular formula is C13H26N2O2. The molecule has 100 valence electrons. The minimum atomic E-state index is -0.689. The highest BCUT2D eigenvalue weighted by molar-refractivity contribution is 5.73. The minimum Gasteiger partial charge on any atom is -0.388 e. The average molecular weight is 242 g/mol. The average Bonchev–Trinajstić information content (AvgIpc) is 2.49. The molecule has 0 aromatic carbocycles. The lowest BCUT2D eigenvalue weighted by Gasteiger charge is -2.26. The number of rotatable bonds is 4. The Balaban J connectivity index is 2.25. The molecule has 0 aromatic heterocycles. The van der Waals surface area contributed by atoms with E-state index in [-0.39, 0.29) is 6.03 Å². The van der Waals surface area contributed by atoms with Crippen LogP contribution in [0.3, 0.4) is 0 Å². The number of hydrogen-bond donors (Lipinski definition) is 3. The SMILES string of the molecule is CC(C)CNC(=O)NCC1(O)CCCCCC1. The molecule has 0 radical (unpaired) electrons. The molecule has 0 aromatic rings. The lowest BCUT2D eigenvalue weighted by atomic mass is 9.95. The van der Waals surface area contributed by atoms with Gasteiger partial charge in [-0.1, -0.05) is 39.5 Å². The minimum absolute atomic E-state index is 0.170. The zero-order valence-electron chi connectivity index (χ0n) is 11.1. The molecular weight excluding hydrogens is 216 g/mol. The zero-order chi connectivity index (χ0) is 12.7. The van der Waals surface area contributed by atoms with Gasteiger partial charge in [-0.25, -0.2) is 4.79 Å². The predicted octanol–water partition coefficient (Wildman–Crippen LogP) is 2.03. The fourth-order valence-electron chi connectivity index (χ4n) is 2.17. The number of aliphatic hydroxyl groups is 1. The molecule has 0 bridgehead atoms. The van der Waals surface area contributed by atoms with Gasteiger partial charge in [0.15, 0.2) is 0 Å². The van der Waals surface area contributed by atoms with Crippen molar-refractivity contribution in [2.75, 3.05) is 13.1 Å². The summed E-state index contributed by atoms with van der Waals surface area (Å²) in [6, 6.07) is -0.170. The first-order valence-electron chi connectivity index (χ1n) is 6.76. The maximum Gasteiger partial charge on any atom is 0.314 e. The maximum absolute atomic E-state index is 11.5. The van der Waals surface area contributed by atoms with Gasteiger partial charge in [-0.15, -0.1) is 0 Å². The summed E-state index contributed by atoms with van der Waals surface area (Å²) in [7, 11) is 0. The summed E-state index contributed by atoms with van der Waals surface area (Å²) in [5, 5.41) is 15.9. The predicted molar refractivity (Wildman–Crippen MR) is 68.9 cm³/mol. The van der Waals surface area contributed by atoms with Crippen molar-refractivity contribution in [3.63, 3.8) is 0 Å². The largest absolute Gasteiger partial charge is 0.388 e. The van der Waals surface area contributed by atoms with Gasteiger partial charge in [0.25, 0.3) is 0 Å². The number of carbonyl (C=O) groups excluding carboxylic acids is 1. The van der Waals surface area contributed by atoms with Crippen molar-refractivity contribution in [3.05, 3.63) is 0 Å². The number of hydrogen-bond acceptors (Lipinski definition) is 2. The van der Waals surface area contributed by atoms with Crippen LogP contribution in [0.2, 0.25) is 0 Å². The molecule has 1 saturated carbocycles. The smallest absolute Gasteiger partial charge is 0.314 e. The number of carbonyl (C=O) groups is 1. The Hall–Kier alpha value is -0.770. The third-order valence-corrected chi connectivity index (χ3v) is 3.28. The Morgan fingerprint density at radius 2 is 1.76 bits per heavy atom. The van der Waals surface area contributed by atoms with Crippen LogP contribution in [0.4, 0.5) is 4.79 Å². The van der Waals surface area contributed by atoms with E-state index in [4.69, 9.17) is 0 Å². The van der Waals surface area contributed by atoms with Gasteiger partial charge in [-0.3, -0.25) is 0 Å². The van der Waals surface area contributed by atoms with E-state index in [1.807, 2.05) is 0 Å². The van der Waals surface area contributed by atoms with E-state index < -0.39 is 5.60 Å². The Bertz CT molecular complexity index is 234. The van der Waals surface area contributed by atoms with Crippen molar-refractivity contribution < 1.29 is 9.90 Å².